The Kier molecular flexibility index (Phi) is 5.83. The van der Waals surface area contributed by atoms with E-state index < -0.39 is 28.8 Å². The summed E-state index contributed by atoms with van der Waals surface area (Å²) < 4.78 is 45.2. The Morgan fingerprint density at radius 3 is 2.33 bits per heavy atom. The maximum Gasteiger partial charge on any atom is 0.416 e. The zero-order valence-corrected chi connectivity index (χ0v) is 14.6. The molecule has 0 bridgehead atoms. The summed E-state index contributed by atoms with van der Waals surface area (Å²) in [6.07, 6.45) is -3.41. The Balaban J connectivity index is 0.00000288. The molecule has 24 heavy (non-hydrogen) atoms. The lowest BCUT2D eigenvalue weighted by Crippen LogP contribution is -2.42. The van der Waals surface area contributed by atoms with E-state index in [2.05, 4.69) is 5.32 Å². The minimum absolute atomic E-state index is 0. The number of alkyl halides is 3. The number of rotatable bonds is 4. The number of nitrogens with one attached hydrogen (secondary N) is 1. The topological polar surface area (TPSA) is 64.3 Å². The van der Waals surface area contributed by atoms with E-state index in [4.69, 9.17) is 10.5 Å². The van der Waals surface area contributed by atoms with Crippen molar-refractivity contribution < 1.29 is 22.7 Å². The first-order valence-electron chi connectivity index (χ1n) is 7.37. The SMILES string of the molecule is CC(C)(C)Oc1ccc(CNC(=O)C2(N)CC2)c(C(F)(F)F)c1.Cl. The van der Waals surface area contributed by atoms with Gasteiger partial charge in [0.05, 0.1) is 11.1 Å². The molecule has 0 heterocycles. The molecule has 1 aliphatic carbocycles. The van der Waals surface area contributed by atoms with Crippen LogP contribution in [0.5, 0.6) is 5.75 Å². The van der Waals surface area contributed by atoms with Gasteiger partial charge in [0.25, 0.3) is 0 Å². The Hall–Kier alpha value is -1.47. The van der Waals surface area contributed by atoms with E-state index in [1.54, 1.807) is 20.8 Å². The van der Waals surface area contributed by atoms with Crippen LogP contribution >= 0.6 is 12.4 Å². The van der Waals surface area contributed by atoms with Crippen LogP contribution in [0.25, 0.3) is 0 Å². The van der Waals surface area contributed by atoms with Gasteiger partial charge >= 0.3 is 6.18 Å². The summed E-state index contributed by atoms with van der Waals surface area (Å²) in [7, 11) is 0. The highest BCUT2D eigenvalue weighted by atomic mass is 35.5. The van der Waals surface area contributed by atoms with Crippen molar-refractivity contribution in [3.63, 3.8) is 0 Å². The van der Waals surface area contributed by atoms with Crippen molar-refractivity contribution in [2.75, 3.05) is 0 Å². The van der Waals surface area contributed by atoms with Gasteiger partial charge < -0.3 is 15.8 Å². The lowest BCUT2D eigenvalue weighted by atomic mass is 10.1. The number of benzene rings is 1. The van der Waals surface area contributed by atoms with Crippen molar-refractivity contribution in [1.29, 1.82) is 0 Å². The predicted molar refractivity (Wildman–Crippen MR) is 87.1 cm³/mol. The highest BCUT2D eigenvalue weighted by molar-refractivity contribution is 5.88. The van der Waals surface area contributed by atoms with Gasteiger partial charge in [-0.05, 0) is 51.3 Å². The molecule has 0 radical (unpaired) electrons. The van der Waals surface area contributed by atoms with Crippen LogP contribution in [0, 0.1) is 0 Å². The van der Waals surface area contributed by atoms with Crippen LogP contribution in [0.2, 0.25) is 0 Å². The number of carbonyl (C=O) groups is 1. The third kappa shape index (κ3) is 5.27. The van der Waals surface area contributed by atoms with E-state index in [1.807, 2.05) is 0 Å². The Morgan fingerprint density at radius 2 is 1.88 bits per heavy atom. The van der Waals surface area contributed by atoms with Gasteiger partial charge in [0.2, 0.25) is 5.91 Å². The van der Waals surface area contributed by atoms with E-state index >= 15 is 0 Å². The van der Waals surface area contributed by atoms with Gasteiger partial charge in [0.1, 0.15) is 11.4 Å². The van der Waals surface area contributed by atoms with Crippen molar-refractivity contribution in [3.05, 3.63) is 29.3 Å². The molecule has 0 aromatic heterocycles. The predicted octanol–water partition coefficient (Wildman–Crippen LogP) is 3.41. The summed E-state index contributed by atoms with van der Waals surface area (Å²) in [5, 5.41) is 2.48. The van der Waals surface area contributed by atoms with Gasteiger partial charge in [0, 0.05) is 6.54 Å². The molecule has 136 valence electrons. The van der Waals surface area contributed by atoms with E-state index in [0.717, 1.165) is 6.07 Å². The zero-order chi connectivity index (χ0) is 17.5. The second kappa shape index (κ2) is 6.80. The molecule has 0 saturated heterocycles. The first kappa shape index (κ1) is 20.6. The summed E-state index contributed by atoms with van der Waals surface area (Å²) in [5.41, 5.74) is 3.37. The van der Waals surface area contributed by atoms with Crippen molar-refractivity contribution >= 4 is 18.3 Å². The third-order valence-electron chi connectivity index (χ3n) is 3.49. The van der Waals surface area contributed by atoms with Crippen molar-refractivity contribution in [1.82, 2.24) is 5.32 Å². The molecule has 1 amide bonds. The lowest BCUT2D eigenvalue weighted by Gasteiger charge is -2.23. The minimum Gasteiger partial charge on any atom is -0.488 e. The molecular formula is C16H22ClF3N2O2. The number of halogens is 4. The normalized spacial score (nSPS) is 16.1. The molecule has 8 heteroatoms. The van der Waals surface area contributed by atoms with E-state index in [1.165, 1.54) is 12.1 Å². The average molecular weight is 367 g/mol. The number of hydrogen-bond donors (Lipinski definition) is 2. The van der Waals surface area contributed by atoms with Crippen LogP contribution in [0.1, 0.15) is 44.7 Å². The monoisotopic (exact) mass is 366 g/mol. The highest BCUT2D eigenvalue weighted by Crippen LogP contribution is 2.36. The molecule has 1 aromatic carbocycles. The number of ether oxygens (including phenoxy) is 1. The van der Waals surface area contributed by atoms with E-state index in [0.29, 0.717) is 12.8 Å². The molecule has 1 fully saturated rings. The number of hydrogen-bond acceptors (Lipinski definition) is 3. The first-order valence-corrected chi connectivity index (χ1v) is 7.37. The van der Waals surface area contributed by atoms with E-state index in [-0.39, 0.29) is 30.3 Å². The van der Waals surface area contributed by atoms with Crippen LogP contribution in [-0.2, 0) is 17.5 Å². The smallest absolute Gasteiger partial charge is 0.416 e. The number of nitrogens with two attached hydrogens (primary N) is 1. The molecule has 1 aromatic rings. The quantitative estimate of drug-likeness (QED) is 0.858. The molecule has 0 atom stereocenters. The van der Waals surface area contributed by atoms with Crippen molar-refractivity contribution in [2.45, 2.75) is 57.5 Å². The molecule has 2 rings (SSSR count). The minimum atomic E-state index is -4.53. The third-order valence-corrected chi connectivity index (χ3v) is 3.49. The highest BCUT2D eigenvalue weighted by Gasteiger charge is 2.46. The fourth-order valence-corrected chi connectivity index (χ4v) is 2.10. The van der Waals surface area contributed by atoms with Gasteiger partial charge in [-0.25, -0.2) is 0 Å². The number of amides is 1. The molecule has 1 aliphatic rings. The maximum atomic E-state index is 13.2. The molecule has 4 nitrogen and oxygen atoms in total. The van der Waals surface area contributed by atoms with Crippen molar-refractivity contribution in [3.8, 4) is 5.75 Å². The molecule has 1 saturated carbocycles. The maximum absolute atomic E-state index is 13.2. The fourth-order valence-electron chi connectivity index (χ4n) is 2.10. The summed E-state index contributed by atoms with van der Waals surface area (Å²) in [4.78, 5) is 11.8. The zero-order valence-electron chi connectivity index (χ0n) is 13.8. The van der Waals surface area contributed by atoms with Crippen LogP contribution in [-0.4, -0.2) is 17.0 Å². The molecular weight excluding hydrogens is 345 g/mol. The summed E-state index contributed by atoms with van der Waals surface area (Å²) >= 11 is 0. The van der Waals surface area contributed by atoms with Gasteiger partial charge in [0.15, 0.2) is 0 Å². The van der Waals surface area contributed by atoms with Gasteiger partial charge in [-0.1, -0.05) is 6.07 Å². The first-order chi connectivity index (χ1) is 10.4. The Morgan fingerprint density at radius 1 is 1.29 bits per heavy atom. The Labute approximate surface area is 145 Å². The molecule has 0 spiro atoms. The lowest BCUT2D eigenvalue weighted by molar-refractivity contribution is -0.138. The van der Waals surface area contributed by atoms with Crippen LogP contribution in [0.4, 0.5) is 13.2 Å². The van der Waals surface area contributed by atoms with Gasteiger partial charge in [-0.2, -0.15) is 13.2 Å². The Bertz CT molecular complexity index is 608. The van der Waals surface area contributed by atoms with Crippen LogP contribution in [0.15, 0.2) is 18.2 Å². The van der Waals surface area contributed by atoms with Gasteiger partial charge in [-0.3, -0.25) is 4.79 Å². The largest absolute Gasteiger partial charge is 0.488 e. The fraction of sp³-hybridized carbons (Fsp3) is 0.562. The molecule has 3 N–H and O–H groups in total. The molecule has 0 unspecified atom stereocenters. The summed E-state index contributed by atoms with van der Waals surface area (Å²) in [6, 6.07) is 3.75. The van der Waals surface area contributed by atoms with Crippen molar-refractivity contribution in [2.24, 2.45) is 5.73 Å². The van der Waals surface area contributed by atoms with Gasteiger partial charge in [-0.15, -0.1) is 12.4 Å². The second-order valence-electron chi connectivity index (χ2n) is 6.87. The van der Waals surface area contributed by atoms with Crippen LogP contribution < -0.4 is 15.8 Å². The van der Waals surface area contributed by atoms with Crippen LogP contribution in [0.3, 0.4) is 0 Å². The molecule has 0 aliphatic heterocycles. The second-order valence-corrected chi connectivity index (χ2v) is 6.87. The summed E-state index contributed by atoms with van der Waals surface area (Å²) in [5.74, 6) is -0.280. The standard InChI is InChI=1S/C16H21F3N2O2.ClH/c1-14(2,3)23-11-5-4-10(12(8-11)16(17,18)19)9-21-13(22)15(20)6-7-15;/h4-5,8H,6-7,9,20H2,1-3H3,(H,21,22);1H. The summed E-state index contributed by atoms with van der Waals surface area (Å²) in [6.45, 7) is 5.04. The average Bonchev–Trinajstić information content (AvgIpc) is 3.13. The van der Waals surface area contributed by atoms with E-state index in [9.17, 15) is 18.0 Å². The number of carbonyl (C=O) groups excluding carboxylic acids is 1.